The van der Waals surface area contributed by atoms with Crippen LogP contribution in [0.15, 0.2) is 0 Å². The van der Waals surface area contributed by atoms with Gasteiger partial charge in [-0.05, 0) is 61.2 Å². The van der Waals surface area contributed by atoms with Crippen molar-refractivity contribution in [2.45, 2.75) is 109 Å². The predicted molar refractivity (Wildman–Crippen MR) is 108 cm³/mol. The number of hydrogen-bond acceptors (Lipinski definition) is 2. The van der Waals surface area contributed by atoms with Gasteiger partial charge in [0.15, 0.2) is 0 Å². The minimum Gasteiger partial charge on any atom is -0.327 e. The third-order valence-electron chi connectivity index (χ3n) is 8.38. The lowest BCUT2D eigenvalue weighted by Gasteiger charge is -2.48. The summed E-state index contributed by atoms with van der Waals surface area (Å²) in [5.41, 5.74) is 13.0. The molecule has 3 saturated carbocycles. The fourth-order valence-corrected chi connectivity index (χ4v) is 6.77. The van der Waals surface area contributed by atoms with Crippen molar-refractivity contribution < 1.29 is 0 Å². The highest BCUT2D eigenvalue weighted by molar-refractivity contribution is 5.09. The van der Waals surface area contributed by atoms with Crippen LogP contribution in [-0.4, -0.2) is 12.1 Å². The molecule has 146 valence electrons. The van der Waals surface area contributed by atoms with E-state index in [-0.39, 0.29) is 0 Å². The largest absolute Gasteiger partial charge is 0.327 e. The summed E-state index contributed by atoms with van der Waals surface area (Å²) in [4.78, 5) is 0. The van der Waals surface area contributed by atoms with Crippen molar-refractivity contribution in [2.75, 3.05) is 0 Å². The highest BCUT2D eigenvalue weighted by Crippen LogP contribution is 2.60. The Morgan fingerprint density at radius 3 is 1.92 bits per heavy atom. The average molecular weight is 349 g/mol. The third kappa shape index (κ3) is 4.26. The van der Waals surface area contributed by atoms with E-state index in [0.717, 1.165) is 35.5 Å². The highest BCUT2D eigenvalue weighted by atomic mass is 14.8. The molecule has 3 aliphatic rings. The molecule has 0 heterocycles. The predicted octanol–water partition coefficient (Wildman–Crippen LogP) is 5.49. The van der Waals surface area contributed by atoms with Crippen LogP contribution >= 0.6 is 0 Å². The monoisotopic (exact) mass is 348 g/mol. The molecule has 0 aromatic rings. The zero-order valence-corrected chi connectivity index (χ0v) is 17.0. The molecule has 2 bridgehead atoms. The van der Waals surface area contributed by atoms with E-state index in [1.165, 1.54) is 83.5 Å². The van der Waals surface area contributed by atoms with Gasteiger partial charge in [0, 0.05) is 12.1 Å². The van der Waals surface area contributed by atoms with Gasteiger partial charge in [0.2, 0.25) is 0 Å². The van der Waals surface area contributed by atoms with Crippen LogP contribution in [0.1, 0.15) is 97.3 Å². The van der Waals surface area contributed by atoms with Gasteiger partial charge in [0.1, 0.15) is 0 Å². The van der Waals surface area contributed by atoms with Crippen LogP contribution in [0.2, 0.25) is 0 Å². The zero-order chi connectivity index (χ0) is 17.8. The van der Waals surface area contributed by atoms with Gasteiger partial charge in [-0.3, -0.25) is 0 Å². The first-order valence-corrected chi connectivity index (χ1v) is 11.7. The summed E-state index contributed by atoms with van der Waals surface area (Å²) in [6, 6.07) is 0.984. The van der Waals surface area contributed by atoms with Crippen molar-refractivity contribution in [3.8, 4) is 0 Å². The number of rotatable bonds is 11. The third-order valence-corrected chi connectivity index (χ3v) is 8.38. The molecule has 2 nitrogen and oxygen atoms in total. The first kappa shape index (κ1) is 19.7. The number of hydrogen-bond donors (Lipinski definition) is 2. The lowest BCUT2D eigenvalue weighted by atomic mass is 9.60. The maximum Gasteiger partial charge on any atom is 0.0101 e. The molecule has 0 amide bonds. The Labute approximate surface area is 156 Å². The second-order valence-electron chi connectivity index (χ2n) is 9.76. The van der Waals surface area contributed by atoms with E-state index >= 15 is 0 Å². The van der Waals surface area contributed by atoms with Crippen LogP contribution in [0.5, 0.6) is 0 Å². The van der Waals surface area contributed by atoms with Gasteiger partial charge in [0.05, 0.1) is 0 Å². The van der Waals surface area contributed by atoms with Gasteiger partial charge >= 0.3 is 0 Å². The number of nitrogens with two attached hydrogens (primary N) is 2. The molecule has 25 heavy (non-hydrogen) atoms. The molecule has 3 fully saturated rings. The van der Waals surface area contributed by atoms with Gasteiger partial charge in [-0.1, -0.05) is 71.6 Å². The van der Waals surface area contributed by atoms with Crippen LogP contribution in [-0.2, 0) is 0 Å². The van der Waals surface area contributed by atoms with Gasteiger partial charge in [-0.25, -0.2) is 0 Å². The van der Waals surface area contributed by atoms with E-state index in [0.29, 0.717) is 12.1 Å². The smallest absolute Gasteiger partial charge is 0.0101 e. The molecule has 3 aliphatic carbocycles. The summed E-state index contributed by atoms with van der Waals surface area (Å²) in [6.07, 6.45) is 18.3. The van der Waals surface area contributed by atoms with E-state index in [1.807, 2.05) is 0 Å². The van der Waals surface area contributed by atoms with Crippen molar-refractivity contribution in [1.82, 2.24) is 0 Å². The van der Waals surface area contributed by atoms with Crippen LogP contribution < -0.4 is 11.5 Å². The van der Waals surface area contributed by atoms with Crippen molar-refractivity contribution in [2.24, 2.45) is 47.0 Å². The maximum absolute atomic E-state index is 6.69. The molecular formula is C23H44N2. The van der Waals surface area contributed by atoms with E-state index in [4.69, 9.17) is 11.5 Å². The second kappa shape index (κ2) is 9.22. The van der Waals surface area contributed by atoms with Crippen LogP contribution in [0.4, 0.5) is 0 Å². The normalized spacial score (nSPS) is 42.7. The summed E-state index contributed by atoms with van der Waals surface area (Å²) < 4.78 is 0. The first-order chi connectivity index (χ1) is 12.1. The highest BCUT2D eigenvalue weighted by Gasteiger charge is 2.58. The molecule has 8 atom stereocenters. The molecule has 0 aromatic heterocycles. The fraction of sp³-hybridized carbons (Fsp3) is 1.00. The molecule has 0 saturated heterocycles. The Hall–Kier alpha value is -0.0800. The van der Waals surface area contributed by atoms with E-state index in [9.17, 15) is 0 Å². The standard InChI is InChI=1S/C23H44N2/c1-3-4-5-6-7-8-9-10-11-12-17-20-15-19(23(17)25)16(2)22(20)18-13-14-21(18)24/h16-23H,3-15,24-25H2,1-2H3. The Kier molecular flexibility index (Phi) is 7.26. The SMILES string of the molecule is CCCCCCCCCCCC1C(N)C2CC1C(C1CCC1N)C2C. The van der Waals surface area contributed by atoms with Crippen LogP contribution in [0.25, 0.3) is 0 Å². The van der Waals surface area contributed by atoms with Gasteiger partial charge < -0.3 is 11.5 Å². The summed E-state index contributed by atoms with van der Waals surface area (Å²) in [6.45, 7) is 4.78. The molecule has 2 heteroatoms. The topological polar surface area (TPSA) is 52.0 Å². The van der Waals surface area contributed by atoms with Crippen LogP contribution in [0, 0.1) is 35.5 Å². The van der Waals surface area contributed by atoms with Crippen molar-refractivity contribution in [3.05, 3.63) is 0 Å². The molecule has 0 radical (unpaired) electrons. The molecule has 0 aromatic carbocycles. The van der Waals surface area contributed by atoms with Gasteiger partial charge in [-0.15, -0.1) is 0 Å². The number of unbranched alkanes of at least 4 members (excludes halogenated alkanes) is 8. The quantitative estimate of drug-likeness (QED) is 0.485. The summed E-state index contributed by atoms with van der Waals surface area (Å²) in [5, 5.41) is 0. The Bertz CT molecular complexity index is 396. The molecule has 0 spiro atoms. The minimum absolute atomic E-state index is 0.488. The molecule has 8 unspecified atom stereocenters. The lowest BCUT2D eigenvalue weighted by molar-refractivity contribution is 0.0394. The van der Waals surface area contributed by atoms with Crippen LogP contribution in [0.3, 0.4) is 0 Å². The number of fused-ring (bicyclic) bond motifs is 2. The zero-order valence-electron chi connectivity index (χ0n) is 17.0. The second-order valence-corrected chi connectivity index (χ2v) is 9.76. The molecule has 0 aliphatic heterocycles. The maximum atomic E-state index is 6.69. The Balaban J connectivity index is 1.35. The summed E-state index contributed by atoms with van der Waals surface area (Å²) >= 11 is 0. The molecular weight excluding hydrogens is 304 g/mol. The molecule has 3 rings (SSSR count). The Morgan fingerprint density at radius 2 is 1.40 bits per heavy atom. The van der Waals surface area contributed by atoms with E-state index < -0.39 is 0 Å². The molecule has 4 N–H and O–H groups in total. The summed E-state index contributed by atoms with van der Waals surface area (Å²) in [5.74, 6) is 5.06. The van der Waals surface area contributed by atoms with E-state index in [1.54, 1.807) is 0 Å². The van der Waals surface area contributed by atoms with Gasteiger partial charge in [0.25, 0.3) is 0 Å². The van der Waals surface area contributed by atoms with Crippen molar-refractivity contribution >= 4 is 0 Å². The first-order valence-electron chi connectivity index (χ1n) is 11.7. The van der Waals surface area contributed by atoms with Gasteiger partial charge in [-0.2, -0.15) is 0 Å². The average Bonchev–Trinajstić information content (AvgIpc) is 3.08. The van der Waals surface area contributed by atoms with E-state index in [2.05, 4.69) is 13.8 Å². The summed E-state index contributed by atoms with van der Waals surface area (Å²) in [7, 11) is 0. The van der Waals surface area contributed by atoms with Crippen molar-refractivity contribution in [3.63, 3.8) is 0 Å². The fourth-order valence-electron chi connectivity index (χ4n) is 6.77. The minimum atomic E-state index is 0.488. The Morgan fingerprint density at radius 1 is 0.760 bits per heavy atom. The van der Waals surface area contributed by atoms with Crippen molar-refractivity contribution in [1.29, 1.82) is 0 Å². The lowest BCUT2D eigenvalue weighted by Crippen LogP contribution is -2.51.